The van der Waals surface area contributed by atoms with Crippen LogP contribution in [-0.2, 0) is 6.54 Å². The number of thiazole rings is 1. The van der Waals surface area contributed by atoms with Crippen LogP contribution in [-0.4, -0.2) is 4.98 Å². The third kappa shape index (κ3) is 3.23. The van der Waals surface area contributed by atoms with Crippen molar-refractivity contribution in [2.75, 3.05) is 0 Å². The van der Waals surface area contributed by atoms with Gasteiger partial charge < -0.3 is 5.32 Å². The van der Waals surface area contributed by atoms with Crippen LogP contribution in [0.1, 0.15) is 54.3 Å². The zero-order valence-corrected chi connectivity index (χ0v) is 12.1. The van der Waals surface area contributed by atoms with Crippen LogP contribution >= 0.6 is 11.3 Å². The molecule has 0 spiro atoms. The minimum absolute atomic E-state index is 0.378. The molecule has 1 heterocycles. The van der Waals surface area contributed by atoms with Crippen molar-refractivity contribution in [1.82, 2.24) is 10.3 Å². The van der Waals surface area contributed by atoms with E-state index in [-0.39, 0.29) is 0 Å². The molecule has 100 valence electrons. The van der Waals surface area contributed by atoms with Gasteiger partial charge in [0, 0.05) is 18.1 Å². The summed E-state index contributed by atoms with van der Waals surface area (Å²) in [6, 6.07) is 9.48. The molecular formula is C16H20N2S. The van der Waals surface area contributed by atoms with E-state index in [1.165, 1.54) is 29.0 Å². The third-order valence-corrected chi connectivity index (χ3v) is 4.63. The monoisotopic (exact) mass is 272 g/mol. The summed E-state index contributed by atoms with van der Waals surface area (Å²) in [5.74, 6) is 0.848. The zero-order valence-electron chi connectivity index (χ0n) is 11.3. The molecule has 3 rings (SSSR count). The maximum absolute atomic E-state index is 4.40. The minimum Gasteiger partial charge on any atom is -0.304 e. The summed E-state index contributed by atoms with van der Waals surface area (Å²) in [5.41, 5.74) is 2.87. The van der Waals surface area contributed by atoms with Crippen LogP contribution in [0.25, 0.3) is 0 Å². The van der Waals surface area contributed by atoms with Crippen molar-refractivity contribution in [2.24, 2.45) is 0 Å². The lowest BCUT2D eigenvalue weighted by Crippen LogP contribution is -2.20. The Kier molecular flexibility index (Phi) is 3.95. The minimum atomic E-state index is 0.378. The van der Waals surface area contributed by atoms with Gasteiger partial charge in [0.15, 0.2) is 0 Å². The van der Waals surface area contributed by atoms with Crippen molar-refractivity contribution in [3.63, 3.8) is 0 Å². The van der Waals surface area contributed by atoms with E-state index in [0.29, 0.717) is 6.04 Å². The number of rotatable bonds is 6. The van der Waals surface area contributed by atoms with E-state index in [1.54, 1.807) is 11.3 Å². The molecule has 0 saturated heterocycles. The van der Waals surface area contributed by atoms with Crippen LogP contribution in [0, 0.1) is 0 Å². The van der Waals surface area contributed by atoms with Crippen LogP contribution < -0.4 is 5.32 Å². The SMILES string of the molecule is CCC(NCc1ccc(C2CC2)cc1)c1nccs1. The van der Waals surface area contributed by atoms with E-state index in [4.69, 9.17) is 0 Å². The predicted molar refractivity (Wildman–Crippen MR) is 80.4 cm³/mol. The highest BCUT2D eigenvalue weighted by Crippen LogP contribution is 2.39. The molecule has 1 saturated carbocycles. The Balaban J connectivity index is 1.58. The average molecular weight is 272 g/mol. The molecule has 0 radical (unpaired) electrons. The number of nitrogens with zero attached hydrogens (tertiary/aromatic N) is 1. The molecule has 1 aromatic carbocycles. The first kappa shape index (κ1) is 12.8. The van der Waals surface area contributed by atoms with Crippen LogP contribution in [0.2, 0.25) is 0 Å². The summed E-state index contributed by atoms with van der Waals surface area (Å²) in [7, 11) is 0. The Labute approximate surface area is 118 Å². The van der Waals surface area contributed by atoms with Gasteiger partial charge in [0.2, 0.25) is 0 Å². The first-order valence-corrected chi connectivity index (χ1v) is 7.96. The van der Waals surface area contributed by atoms with Crippen LogP contribution in [0.5, 0.6) is 0 Å². The topological polar surface area (TPSA) is 24.9 Å². The van der Waals surface area contributed by atoms with Gasteiger partial charge in [-0.05, 0) is 36.3 Å². The van der Waals surface area contributed by atoms with Crippen LogP contribution in [0.4, 0.5) is 0 Å². The molecule has 1 unspecified atom stereocenters. The van der Waals surface area contributed by atoms with Gasteiger partial charge in [0.05, 0.1) is 6.04 Å². The van der Waals surface area contributed by atoms with Gasteiger partial charge in [-0.3, -0.25) is 0 Å². The normalized spacial score (nSPS) is 16.5. The highest BCUT2D eigenvalue weighted by molar-refractivity contribution is 7.09. The van der Waals surface area contributed by atoms with Gasteiger partial charge in [-0.15, -0.1) is 11.3 Å². The second-order valence-electron chi connectivity index (χ2n) is 5.23. The number of aromatic nitrogens is 1. The van der Waals surface area contributed by atoms with E-state index in [1.807, 2.05) is 11.6 Å². The lowest BCUT2D eigenvalue weighted by Gasteiger charge is -2.14. The zero-order chi connectivity index (χ0) is 13.1. The molecule has 3 heteroatoms. The quantitative estimate of drug-likeness (QED) is 0.850. The third-order valence-electron chi connectivity index (χ3n) is 3.74. The highest BCUT2D eigenvalue weighted by atomic mass is 32.1. The summed E-state index contributed by atoms with van der Waals surface area (Å²) >= 11 is 1.73. The smallest absolute Gasteiger partial charge is 0.109 e. The summed E-state index contributed by atoms with van der Waals surface area (Å²) in [5, 5.41) is 6.84. The van der Waals surface area contributed by atoms with Crippen molar-refractivity contribution >= 4 is 11.3 Å². The molecule has 1 aliphatic carbocycles. The van der Waals surface area contributed by atoms with Gasteiger partial charge >= 0.3 is 0 Å². The van der Waals surface area contributed by atoms with Crippen molar-refractivity contribution in [3.8, 4) is 0 Å². The summed E-state index contributed by atoms with van der Waals surface area (Å²) < 4.78 is 0. The fourth-order valence-corrected chi connectivity index (χ4v) is 3.18. The Hall–Kier alpha value is -1.19. The van der Waals surface area contributed by atoms with E-state index in [2.05, 4.69) is 41.5 Å². The first-order valence-electron chi connectivity index (χ1n) is 7.08. The average Bonchev–Trinajstić information content (AvgIpc) is 3.16. The van der Waals surface area contributed by atoms with Gasteiger partial charge in [-0.25, -0.2) is 4.98 Å². The van der Waals surface area contributed by atoms with E-state index in [9.17, 15) is 0 Å². The summed E-state index contributed by atoms with van der Waals surface area (Å²) in [6.07, 6.45) is 5.71. The molecule has 2 aromatic rings. The van der Waals surface area contributed by atoms with Crippen molar-refractivity contribution < 1.29 is 0 Å². The standard InChI is InChI=1S/C16H20N2S/c1-2-15(16-17-9-10-19-16)18-11-12-3-5-13(6-4-12)14-7-8-14/h3-6,9-10,14-15,18H,2,7-8,11H2,1H3. The molecule has 1 N–H and O–H groups in total. The molecule has 19 heavy (non-hydrogen) atoms. The van der Waals surface area contributed by atoms with E-state index >= 15 is 0 Å². The Bertz CT molecular complexity index is 500. The molecule has 0 bridgehead atoms. The molecule has 1 aliphatic rings. The van der Waals surface area contributed by atoms with Crippen molar-refractivity contribution in [1.29, 1.82) is 0 Å². The molecule has 0 aliphatic heterocycles. The second-order valence-corrected chi connectivity index (χ2v) is 6.15. The molecule has 1 fully saturated rings. The molecule has 2 nitrogen and oxygen atoms in total. The van der Waals surface area contributed by atoms with Crippen LogP contribution in [0.15, 0.2) is 35.8 Å². The lowest BCUT2D eigenvalue weighted by molar-refractivity contribution is 0.516. The maximum atomic E-state index is 4.40. The molecule has 0 amide bonds. The van der Waals surface area contributed by atoms with E-state index < -0.39 is 0 Å². The first-order chi connectivity index (χ1) is 9.36. The second kappa shape index (κ2) is 5.85. The van der Waals surface area contributed by atoms with Gasteiger partial charge in [0.1, 0.15) is 5.01 Å². The van der Waals surface area contributed by atoms with Crippen molar-refractivity contribution in [2.45, 2.75) is 44.7 Å². The number of nitrogens with one attached hydrogen (secondary N) is 1. The van der Waals surface area contributed by atoms with Gasteiger partial charge in [0.25, 0.3) is 0 Å². The molecule has 1 atom stereocenters. The Morgan fingerprint density at radius 2 is 2.11 bits per heavy atom. The number of benzene rings is 1. The van der Waals surface area contributed by atoms with Gasteiger partial charge in [-0.2, -0.15) is 0 Å². The fourth-order valence-electron chi connectivity index (χ4n) is 2.38. The predicted octanol–water partition coefficient (Wildman–Crippen LogP) is 4.26. The largest absolute Gasteiger partial charge is 0.304 e. The van der Waals surface area contributed by atoms with Gasteiger partial charge in [-0.1, -0.05) is 31.2 Å². The summed E-state index contributed by atoms with van der Waals surface area (Å²) in [4.78, 5) is 4.40. The van der Waals surface area contributed by atoms with Crippen molar-refractivity contribution in [3.05, 3.63) is 52.0 Å². The maximum Gasteiger partial charge on any atom is 0.109 e. The molecule has 1 aromatic heterocycles. The Morgan fingerprint density at radius 3 is 2.68 bits per heavy atom. The lowest BCUT2D eigenvalue weighted by atomic mass is 10.1. The fraction of sp³-hybridized carbons (Fsp3) is 0.438. The number of hydrogen-bond donors (Lipinski definition) is 1. The Morgan fingerprint density at radius 1 is 1.32 bits per heavy atom. The van der Waals surface area contributed by atoms with Crippen LogP contribution in [0.3, 0.4) is 0 Å². The van der Waals surface area contributed by atoms with E-state index in [0.717, 1.165) is 18.9 Å². The number of hydrogen-bond acceptors (Lipinski definition) is 3. The highest BCUT2D eigenvalue weighted by Gasteiger charge is 2.22. The summed E-state index contributed by atoms with van der Waals surface area (Å²) in [6.45, 7) is 3.12. The molecular weight excluding hydrogens is 252 g/mol.